The Hall–Kier alpha value is -2.31. The van der Waals surface area contributed by atoms with Crippen molar-refractivity contribution in [3.8, 4) is 6.07 Å². The third-order valence-corrected chi connectivity index (χ3v) is 4.88. The molecule has 2 aliphatic rings. The van der Waals surface area contributed by atoms with Crippen LogP contribution in [0.4, 0.5) is 14.7 Å². The number of nitrogens with zero attached hydrogens (tertiary/aromatic N) is 4. The van der Waals surface area contributed by atoms with Crippen molar-refractivity contribution in [3.05, 3.63) is 23.3 Å². The van der Waals surface area contributed by atoms with Gasteiger partial charge >= 0.3 is 0 Å². The molecule has 9 heteroatoms. The summed E-state index contributed by atoms with van der Waals surface area (Å²) in [5.41, 5.74) is 0.378. The summed E-state index contributed by atoms with van der Waals surface area (Å²) in [4.78, 5) is 4.08. The lowest BCUT2D eigenvalue weighted by atomic mass is 9.80. The molecule has 2 atom stereocenters. The summed E-state index contributed by atoms with van der Waals surface area (Å²) < 4.78 is 34.2. The number of rotatable bonds is 3. The summed E-state index contributed by atoms with van der Waals surface area (Å²) >= 11 is 0. The highest BCUT2D eigenvalue weighted by atomic mass is 19.1. The zero-order valence-corrected chi connectivity index (χ0v) is 13.3. The molecule has 25 heavy (non-hydrogen) atoms. The van der Waals surface area contributed by atoms with Gasteiger partial charge in [-0.1, -0.05) is 0 Å². The van der Waals surface area contributed by atoms with E-state index in [4.69, 9.17) is 4.74 Å². The van der Waals surface area contributed by atoms with Crippen LogP contribution in [0.5, 0.6) is 0 Å². The maximum absolute atomic E-state index is 14.5. The van der Waals surface area contributed by atoms with E-state index in [0.717, 1.165) is 0 Å². The number of alkyl halides is 1. The molecule has 3 heterocycles. The first-order valence-electron chi connectivity index (χ1n) is 8.22. The molecule has 2 aromatic rings. The van der Waals surface area contributed by atoms with Crippen LogP contribution in [0.15, 0.2) is 6.20 Å². The fourth-order valence-electron chi connectivity index (χ4n) is 3.41. The lowest BCUT2D eigenvalue weighted by Crippen LogP contribution is -2.42. The Kier molecular flexibility index (Phi) is 4.01. The van der Waals surface area contributed by atoms with E-state index in [-0.39, 0.29) is 48.4 Å². The zero-order valence-electron chi connectivity index (χ0n) is 13.3. The average molecular weight is 349 g/mol. The molecule has 0 bridgehead atoms. The van der Waals surface area contributed by atoms with Crippen LogP contribution in [0.3, 0.4) is 0 Å². The minimum absolute atomic E-state index is 0.0898. The van der Waals surface area contributed by atoms with E-state index >= 15 is 0 Å². The summed E-state index contributed by atoms with van der Waals surface area (Å²) in [6, 6.07) is 1.59. The molecule has 1 aliphatic heterocycles. The molecule has 0 aromatic carbocycles. The monoisotopic (exact) mass is 349 g/mol. The smallest absolute Gasteiger partial charge is 0.241 e. The first-order valence-corrected chi connectivity index (χ1v) is 8.22. The van der Waals surface area contributed by atoms with Crippen molar-refractivity contribution in [1.29, 1.82) is 5.26 Å². The van der Waals surface area contributed by atoms with Gasteiger partial charge in [-0.2, -0.15) is 5.26 Å². The van der Waals surface area contributed by atoms with Crippen molar-refractivity contribution in [2.24, 2.45) is 0 Å². The van der Waals surface area contributed by atoms with Gasteiger partial charge in [-0.3, -0.25) is 0 Å². The largest absolute Gasteiger partial charge is 0.389 e. The minimum atomic E-state index is -0.929. The van der Waals surface area contributed by atoms with E-state index in [1.165, 1.54) is 10.7 Å². The standard InChI is InChI=1S/C16H17F2N5O2/c17-9-3-8(4-9)15-10(5-19)14(18)12-6-20-16(22-23(12)15)21-11-1-2-25-7-13(11)24/h6,8-9,11,13,24H,1-4,7H2,(H,21,22)/t8-,9+,11-,13-/m1/s1. The number of aliphatic hydroxyl groups is 1. The number of fused-ring (bicyclic) bond motifs is 1. The maximum Gasteiger partial charge on any atom is 0.241 e. The molecular formula is C16H17F2N5O2. The summed E-state index contributed by atoms with van der Waals surface area (Å²) in [6.07, 6.45) is 0.777. The van der Waals surface area contributed by atoms with Gasteiger partial charge in [0, 0.05) is 12.5 Å². The van der Waals surface area contributed by atoms with Gasteiger partial charge in [0.15, 0.2) is 5.82 Å². The highest BCUT2D eigenvalue weighted by Crippen LogP contribution is 2.41. The lowest BCUT2D eigenvalue weighted by molar-refractivity contribution is -0.0136. The molecule has 0 unspecified atom stereocenters. The Bertz CT molecular complexity index is 843. The molecule has 2 fully saturated rings. The molecule has 1 aliphatic carbocycles. The predicted octanol–water partition coefficient (Wildman–Crippen LogP) is 1.52. The van der Waals surface area contributed by atoms with Gasteiger partial charge < -0.3 is 15.2 Å². The lowest BCUT2D eigenvalue weighted by Gasteiger charge is -2.30. The third-order valence-electron chi connectivity index (χ3n) is 4.88. The van der Waals surface area contributed by atoms with Gasteiger partial charge in [0.25, 0.3) is 0 Å². The molecule has 2 aromatic heterocycles. The first kappa shape index (κ1) is 16.2. The van der Waals surface area contributed by atoms with E-state index in [2.05, 4.69) is 15.4 Å². The maximum atomic E-state index is 14.5. The van der Waals surface area contributed by atoms with Crippen molar-refractivity contribution in [2.45, 2.75) is 43.5 Å². The molecular weight excluding hydrogens is 332 g/mol. The van der Waals surface area contributed by atoms with Crippen LogP contribution in [-0.4, -0.2) is 51.2 Å². The first-order chi connectivity index (χ1) is 12.1. The Balaban J connectivity index is 1.71. The van der Waals surface area contributed by atoms with Crippen molar-refractivity contribution < 1.29 is 18.6 Å². The number of nitriles is 1. The van der Waals surface area contributed by atoms with Crippen LogP contribution in [0.2, 0.25) is 0 Å². The Labute approximate surface area is 142 Å². The molecule has 7 nitrogen and oxygen atoms in total. The summed E-state index contributed by atoms with van der Waals surface area (Å²) in [7, 11) is 0. The van der Waals surface area contributed by atoms with Crippen LogP contribution in [-0.2, 0) is 4.74 Å². The van der Waals surface area contributed by atoms with Crippen LogP contribution >= 0.6 is 0 Å². The number of anilines is 1. The molecule has 2 N–H and O–H groups in total. The van der Waals surface area contributed by atoms with Crippen LogP contribution < -0.4 is 5.32 Å². The number of ether oxygens (including phenoxy) is 1. The number of halogens is 2. The molecule has 0 spiro atoms. The molecule has 1 saturated heterocycles. The third kappa shape index (κ3) is 2.71. The molecule has 4 rings (SSSR count). The van der Waals surface area contributed by atoms with Gasteiger partial charge in [-0.15, -0.1) is 5.10 Å². The minimum Gasteiger partial charge on any atom is -0.389 e. The van der Waals surface area contributed by atoms with E-state index in [0.29, 0.717) is 18.7 Å². The second-order valence-electron chi connectivity index (χ2n) is 6.51. The van der Waals surface area contributed by atoms with E-state index < -0.39 is 18.1 Å². The van der Waals surface area contributed by atoms with E-state index in [9.17, 15) is 19.1 Å². The number of aliphatic hydroxyl groups excluding tert-OH is 1. The number of nitrogens with one attached hydrogen (secondary N) is 1. The van der Waals surface area contributed by atoms with Gasteiger partial charge in [-0.05, 0) is 19.3 Å². The topological polar surface area (TPSA) is 95.5 Å². The van der Waals surface area contributed by atoms with Crippen molar-refractivity contribution in [1.82, 2.24) is 14.6 Å². The van der Waals surface area contributed by atoms with E-state index in [1.807, 2.05) is 6.07 Å². The van der Waals surface area contributed by atoms with Crippen LogP contribution in [0, 0.1) is 17.1 Å². The number of aromatic nitrogens is 3. The molecule has 132 valence electrons. The summed E-state index contributed by atoms with van der Waals surface area (Å²) in [5.74, 6) is -0.703. The SMILES string of the molecule is N#Cc1c(F)c2cnc(N[C@@H]3CCOC[C@H]3O)nn2c1[C@H]1C[C@@H](F)C1. The number of hydrogen-bond acceptors (Lipinski definition) is 6. The zero-order chi connectivity index (χ0) is 17.6. The summed E-state index contributed by atoms with van der Waals surface area (Å²) in [6.45, 7) is 0.737. The van der Waals surface area contributed by atoms with E-state index in [1.54, 1.807) is 0 Å². The van der Waals surface area contributed by atoms with Gasteiger partial charge in [0.1, 0.15) is 23.3 Å². The fraction of sp³-hybridized carbons (Fsp3) is 0.562. The molecule has 0 amide bonds. The Morgan fingerprint density at radius 1 is 1.44 bits per heavy atom. The Morgan fingerprint density at radius 3 is 2.92 bits per heavy atom. The van der Waals surface area contributed by atoms with Crippen LogP contribution in [0.1, 0.15) is 36.4 Å². The highest BCUT2D eigenvalue weighted by molar-refractivity contribution is 5.59. The van der Waals surface area contributed by atoms with Crippen LogP contribution in [0.25, 0.3) is 5.52 Å². The highest BCUT2D eigenvalue weighted by Gasteiger charge is 2.36. The summed E-state index contributed by atoms with van der Waals surface area (Å²) in [5, 5.41) is 26.6. The molecule has 1 saturated carbocycles. The van der Waals surface area contributed by atoms with Crippen molar-refractivity contribution in [3.63, 3.8) is 0 Å². The predicted molar refractivity (Wildman–Crippen MR) is 83.4 cm³/mol. The van der Waals surface area contributed by atoms with Crippen molar-refractivity contribution in [2.75, 3.05) is 18.5 Å². The van der Waals surface area contributed by atoms with Gasteiger partial charge in [-0.25, -0.2) is 18.3 Å². The van der Waals surface area contributed by atoms with Crippen molar-refractivity contribution >= 4 is 11.5 Å². The normalized spacial score (nSPS) is 29.2. The second kappa shape index (κ2) is 6.20. The quantitative estimate of drug-likeness (QED) is 0.872. The van der Waals surface area contributed by atoms with Gasteiger partial charge in [0.05, 0.1) is 30.6 Å². The Morgan fingerprint density at radius 2 is 2.24 bits per heavy atom. The number of hydrogen-bond donors (Lipinski definition) is 2. The molecule has 0 radical (unpaired) electrons. The van der Waals surface area contributed by atoms with Gasteiger partial charge in [0.2, 0.25) is 5.95 Å². The second-order valence-corrected chi connectivity index (χ2v) is 6.51. The average Bonchev–Trinajstić information content (AvgIpc) is 2.85. The fourth-order valence-corrected chi connectivity index (χ4v) is 3.41.